The van der Waals surface area contributed by atoms with Gasteiger partial charge in [0, 0.05) is 32.7 Å². The second-order valence-corrected chi connectivity index (χ2v) is 7.50. The maximum Gasteiger partial charge on any atom is 0.337 e. The molecule has 1 aromatic rings. The molecular weight excluding hydrogens is 370 g/mol. The van der Waals surface area contributed by atoms with Crippen LogP contribution < -0.4 is 5.32 Å². The predicted molar refractivity (Wildman–Crippen MR) is 110 cm³/mol. The van der Waals surface area contributed by atoms with Gasteiger partial charge in [-0.2, -0.15) is 5.10 Å². The number of hydrogen-bond donors (Lipinski definition) is 1. The van der Waals surface area contributed by atoms with E-state index in [-0.39, 0.29) is 17.8 Å². The van der Waals surface area contributed by atoms with Gasteiger partial charge in [-0.15, -0.1) is 0 Å². The van der Waals surface area contributed by atoms with Crippen LogP contribution in [0, 0.1) is 5.92 Å². The molecule has 0 spiro atoms. The van der Waals surface area contributed by atoms with Crippen LogP contribution in [0.4, 0.5) is 0 Å². The van der Waals surface area contributed by atoms with Gasteiger partial charge in [0.15, 0.2) is 0 Å². The minimum Gasteiger partial charge on any atom is -0.462 e. The Morgan fingerprint density at radius 2 is 2.21 bits per heavy atom. The SMILES string of the molecule is CCc1nn(CCCOC(=O)C2=CC(C)C=C2)c2c1C(=O)NCCCOCCC2. The summed E-state index contributed by atoms with van der Waals surface area (Å²) >= 11 is 0. The first-order valence-corrected chi connectivity index (χ1v) is 10.6. The van der Waals surface area contributed by atoms with Gasteiger partial charge in [0.05, 0.1) is 29.1 Å². The number of rotatable bonds is 6. The molecule has 0 fully saturated rings. The number of esters is 1. The highest BCUT2D eigenvalue weighted by atomic mass is 16.5. The van der Waals surface area contributed by atoms with E-state index >= 15 is 0 Å². The van der Waals surface area contributed by atoms with Crippen molar-refractivity contribution in [2.45, 2.75) is 52.5 Å². The van der Waals surface area contributed by atoms with Crippen LogP contribution in [0.25, 0.3) is 0 Å². The van der Waals surface area contributed by atoms with E-state index in [9.17, 15) is 9.59 Å². The Morgan fingerprint density at radius 3 is 2.97 bits per heavy atom. The summed E-state index contributed by atoms with van der Waals surface area (Å²) in [5, 5.41) is 7.67. The molecule has 158 valence electrons. The molecule has 0 aromatic carbocycles. The second kappa shape index (κ2) is 10.4. The fraction of sp³-hybridized carbons (Fsp3) is 0.591. The first-order chi connectivity index (χ1) is 14.1. The van der Waals surface area contributed by atoms with Gasteiger partial charge in [-0.3, -0.25) is 9.48 Å². The van der Waals surface area contributed by atoms with Gasteiger partial charge in [-0.05, 0) is 31.6 Å². The number of carbonyl (C=O) groups excluding carboxylic acids is 2. The zero-order chi connectivity index (χ0) is 20.6. The normalized spacial score (nSPS) is 19.9. The van der Waals surface area contributed by atoms with Crippen molar-refractivity contribution in [3.63, 3.8) is 0 Å². The summed E-state index contributed by atoms with van der Waals surface area (Å²) in [6.45, 7) is 6.92. The maximum absolute atomic E-state index is 12.7. The molecule has 1 N–H and O–H groups in total. The van der Waals surface area contributed by atoms with E-state index in [0.717, 1.165) is 30.7 Å². The van der Waals surface area contributed by atoms with Crippen molar-refractivity contribution in [1.29, 1.82) is 0 Å². The van der Waals surface area contributed by atoms with Crippen LogP contribution >= 0.6 is 0 Å². The summed E-state index contributed by atoms with van der Waals surface area (Å²) in [5.74, 6) is -0.0529. The van der Waals surface area contributed by atoms with Crippen LogP contribution in [-0.2, 0) is 33.7 Å². The third-order valence-corrected chi connectivity index (χ3v) is 5.15. The number of nitrogens with zero attached hydrogens (tertiary/aromatic N) is 2. The molecule has 0 bridgehead atoms. The topological polar surface area (TPSA) is 82.5 Å². The molecule has 7 heteroatoms. The Hall–Kier alpha value is -2.41. The molecule has 2 aliphatic rings. The highest BCUT2D eigenvalue weighted by molar-refractivity contribution is 5.96. The van der Waals surface area contributed by atoms with Crippen molar-refractivity contribution in [3.05, 3.63) is 40.8 Å². The number of nitrogens with one attached hydrogen (secondary N) is 1. The molecule has 0 radical (unpaired) electrons. The highest BCUT2D eigenvalue weighted by Crippen LogP contribution is 2.19. The quantitative estimate of drug-likeness (QED) is 0.585. The lowest BCUT2D eigenvalue weighted by Crippen LogP contribution is -2.26. The van der Waals surface area contributed by atoms with Crippen molar-refractivity contribution >= 4 is 11.9 Å². The summed E-state index contributed by atoms with van der Waals surface area (Å²) in [6, 6.07) is 0. The van der Waals surface area contributed by atoms with E-state index in [1.54, 1.807) is 0 Å². The minimum atomic E-state index is -0.281. The molecule has 7 nitrogen and oxygen atoms in total. The van der Waals surface area contributed by atoms with E-state index < -0.39 is 0 Å². The van der Waals surface area contributed by atoms with Crippen LogP contribution in [0.1, 0.15) is 54.9 Å². The predicted octanol–water partition coefficient (Wildman–Crippen LogP) is 2.59. The number of carbonyl (C=O) groups is 2. The average Bonchev–Trinajstić information content (AvgIpc) is 3.29. The van der Waals surface area contributed by atoms with E-state index in [1.807, 2.05) is 36.8 Å². The first-order valence-electron chi connectivity index (χ1n) is 10.6. The van der Waals surface area contributed by atoms with E-state index in [0.29, 0.717) is 56.9 Å². The van der Waals surface area contributed by atoms with Gasteiger partial charge in [-0.1, -0.05) is 32.1 Å². The van der Waals surface area contributed by atoms with Crippen LogP contribution in [0.5, 0.6) is 0 Å². The Kier molecular flexibility index (Phi) is 7.63. The van der Waals surface area contributed by atoms with Crippen LogP contribution in [0.2, 0.25) is 0 Å². The molecule has 1 aromatic heterocycles. The third kappa shape index (κ3) is 5.56. The lowest BCUT2D eigenvalue weighted by Gasteiger charge is -2.10. The minimum absolute atomic E-state index is 0.0505. The lowest BCUT2D eigenvalue weighted by atomic mass is 10.1. The number of amides is 1. The van der Waals surface area contributed by atoms with Gasteiger partial charge in [-0.25, -0.2) is 4.79 Å². The molecule has 0 saturated heterocycles. The standard InChI is InChI=1S/C22H31N3O4/c1-3-18-20-19(7-4-12-28-13-5-10-23-21(20)26)25(24-18)11-6-14-29-22(27)17-9-8-16(2)15-17/h8-9,15-16H,3-7,10-14H2,1-2H3,(H,23,26). The Bertz CT molecular complexity index is 794. The van der Waals surface area contributed by atoms with Crippen molar-refractivity contribution < 1.29 is 19.1 Å². The van der Waals surface area contributed by atoms with Gasteiger partial charge in [0.25, 0.3) is 5.91 Å². The number of hydrogen-bond acceptors (Lipinski definition) is 5. The summed E-state index contributed by atoms with van der Waals surface area (Å²) in [7, 11) is 0. The smallest absolute Gasteiger partial charge is 0.337 e. The number of ether oxygens (including phenoxy) is 2. The van der Waals surface area contributed by atoms with Crippen molar-refractivity contribution in [2.75, 3.05) is 26.4 Å². The second-order valence-electron chi connectivity index (χ2n) is 7.50. The van der Waals surface area contributed by atoms with E-state index in [4.69, 9.17) is 9.47 Å². The first kappa shape index (κ1) is 21.3. The Balaban J connectivity index is 1.64. The molecule has 29 heavy (non-hydrogen) atoms. The van der Waals surface area contributed by atoms with Gasteiger partial charge < -0.3 is 14.8 Å². The molecular formula is C22H31N3O4. The molecule has 1 amide bonds. The molecule has 0 saturated carbocycles. The molecule has 3 rings (SSSR count). The van der Waals surface area contributed by atoms with E-state index in [1.165, 1.54) is 0 Å². The molecule has 1 aliphatic carbocycles. The largest absolute Gasteiger partial charge is 0.462 e. The van der Waals surface area contributed by atoms with Crippen LogP contribution in [0.15, 0.2) is 23.8 Å². The third-order valence-electron chi connectivity index (χ3n) is 5.15. The summed E-state index contributed by atoms with van der Waals surface area (Å²) < 4.78 is 12.9. The van der Waals surface area contributed by atoms with Crippen molar-refractivity contribution in [1.82, 2.24) is 15.1 Å². The zero-order valence-electron chi connectivity index (χ0n) is 17.4. The molecule has 1 unspecified atom stereocenters. The van der Waals surface area contributed by atoms with Crippen LogP contribution in [-0.4, -0.2) is 48.0 Å². The number of allylic oxidation sites excluding steroid dienone is 2. The molecule has 2 heterocycles. The number of aromatic nitrogens is 2. The van der Waals surface area contributed by atoms with Crippen LogP contribution in [0.3, 0.4) is 0 Å². The Morgan fingerprint density at radius 1 is 1.38 bits per heavy atom. The zero-order valence-corrected chi connectivity index (χ0v) is 17.4. The fourth-order valence-corrected chi connectivity index (χ4v) is 3.66. The Labute approximate surface area is 172 Å². The van der Waals surface area contributed by atoms with Crippen molar-refractivity contribution in [3.8, 4) is 0 Å². The summed E-state index contributed by atoms with van der Waals surface area (Å²) in [6.07, 6.45) is 9.44. The average molecular weight is 402 g/mol. The van der Waals surface area contributed by atoms with Gasteiger partial charge in [0.2, 0.25) is 0 Å². The van der Waals surface area contributed by atoms with E-state index in [2.05, 4.69) is 10.4 Å². The lowest BCUT2D eigenvalue weighted by molar-refractivity contribution is -0.138. The fourth-order valence-electron chi connectivity index (χ4n) is 3.66. The number of fused-ring (bicyclic) bond motifs is 1. The summed E-state index contributed by atoms with van der Waals surface area (Å²) in [4.78, 5) is 24.8. The highest BCUT2D eigenvalue weighted by Gasteiger charge is 2.23. The molecule has 1 aliphatic heterocycles. The monoisotopic (exact) mass is 401 g/mol. The maximum atomic E-state index is 12.7. The summed E-state index contributed by atoms with van der Waals surface area (Å²) in [5.41, 5.74) is 3.10. The number of aryl methyl sites for hydroxylation is 2. The van der Waals surface area contributed by atoms with Gasteiger partial charge >= 0.3 is 5.97 Å². The van der Waals surface area contributed by atoms with Crippen molar-refractivity contribution in [2.24, 2.45) is 5.92 Å². The van der Waals surface area contributed by atoms with Gasteiger partial charge in [0.1, 0.15) is 0 Å². The molecule has 1 atom stereocenters.